The highest BCUT2D eigenvalue weighted by Crippen LogP contribution is 2.33. The fourth-order valence-electron chi connectivity index (χ4n) is 2.72. The summed E-state index contributed by atoms with van der Waals surface area (Å²) in [6.45, 7) is 5.56. The summed E-state index contributed by atoms with van der Waals surface area (Å²) in [6, 6.07) is 9.64. The van der Waals surface area contributed by atoms with Gasteiger partial charge in [0.1, 0.15) is 12.4 Å². The standard InChI is InChI=1S/C21H26FN3O4.ClH/c1-4-27-17-10-18(21(22)20(11-17)28-5-2)19(13-29-14(3)26)25-16-8-6-15(7-9-16)12-24-23;/h6-12,19,25H,4-5,13,23H2,1-3H3;1H. The average Bonchev–Trinajstić information content (AvgIpc) is 2.69. The lowest BCUT2D eigenvalue weighted by atomic mass is 10.0. The fourth-order valence-corrected chi connectivity index (χ4v) is 2.72. The Morgan fingerprint density at radius 2 is 1.87 bits per heavy atom. The largest absolute Gasteiger partial charge is 0.494 e. The Hall–Kier alpha value is -3.00. The number of rotatable bonds is 10. The minimum absolute atomic E-state index is 0. The van der Waals surface area contributed by atoms with Crippen molar-refractivity contribution in [3.05, 3.63) is 53.3 Å². The van der Waals surface area contributed by atoms with Crippen molar-refractivity contribution in [2.75, 3.05) is 25.1 Å². The molecule has 2 aromatic carbocycles. The zero-order valence-corrected chi connectivity index (χ0v) is 18.0. The quantitative estimate of drug-likeness (QED) is 0.251. The highest BCUT2D eigenvalue weighted by atomic mass is 35.5. The van der Waals surface area contributed by atoms with Crippen molar-refractivity contribution < 1.29 is 23.4 Å². The highest BCUT2D eigenvalue weighted by Gasteiger charge is 2.22. The van der Waals surface area contributed by atoms with Crippen molar-refractivity contribution in [2.24, 2.45) is 10.9 Å². The summed E-state index contributed by atoms with van der Waals surface area (Å²) in [6.07, 6.45) is 1.51. The number of nitrogens with two attached hydrogens (primary N) is 1. The summed E-state index contributed by atoms with van der Waals surface area (Å²) in [5.74, 6) is 4.71. The SMILES string of the molecule is CCOc1cc(OCC)c(F)c(C(COC(C)=O)Nc2ccc(C=NN)cc2)c1.Cl. The summed E-state index contributed by atoms with van der Waals surface area (Å²) < 4.78 is 31.3. The average molecular weight is 440 g/mol. The third kappa shape index (κ3) is 7.11. The molecule has 3 N–H and O–H groups in total. The van der Waals surface area contributed by atoms with Crippen LogP contribution in [0.3, 0.4) is 0 Å². The van der Waals surface area contributed by atoms with Gasteiger partial charge in [-0.05, 0) is 37.6 Å². The van der Waals surface area contributed by atoms with Crippen LogP contribution in [0.2, 0.25) is 0 Å². The molecule has 0 saturated heterocycles. The second-order valence-electron chi connectivity index (χ2n) is 6.09. The molecule has 2 aromatic rings. The van der Waals surface area contributed by atoms with Gasteiger partial charge in [-0.25, -0.2) is 4.39 Å². The van der Waals surface area contributed by atoms with Crippen LogP contribution >= 0.6 is 12.4 Å². The van der Waals surface area contributed by atoms with Crippen molar-refractivity contribution in [3.63, 3.8) is 0 Å². The van der Waals surface area contributed by atoms with Crippen molar-refractivity contribution in [1.29, 1.82) is 0 Å². The zero-order chi connectivity index (χ0) is 21.2. The number of carbonyl (C=O) groups is 1. The number of esters is 1. The summed E-state index contributed by atoms with van der Waals surface area (Å²) in [4.78, 5) is 11.4. The lowest BCUT2D eigenvalue weighted by Crippen LogP contribution is -2.20. The lowest BCUT2D eigenvalue weighted by Gasteiger charge is -2.22. The van der Waals surface area contributed by atoms with E-state index < -0.39 is 17.8 Å². The molecule has 0 fully saturated rings. The van der Waals surface area contributed by atoms with E-state index in [1.165, 1.54) is 19.2 Å². The van der Waals surface area contributed by atoms with Crippen LogP contribution < -0.4 is 20.6 Å². The smallest absolute Gasteiger partial charge is 0.302 e. The number of benzene rings is 2. The van der Waals surface area contributed by atoms with Gasteiger partial charge in [0.25, 0.3) is 0 Å². The van der Waals surface area contributed by atoms with Gasteiger partial charge in [0.15, 0.2) is 11.6 Å². The Morgan fingerprint density at radius 3 is 2.43 bits per heavy atom. The summed E-state index contributed by atoms with van der Waals surface area (Å²) in [5.41, 5.74) is 1.79. The maximum atomic E-state index is 15.1. The van der Waals surface area contributed by atoms with E-state index in [1.807, 2.05) is 6.92 Å². The van der Waals surface area contributed by atoms with Crippen LogP contribution in [0.4, 0.5) is 10.1 Å². The molecule has 0 aliphatic rings. The number of halogens is 2. The van der Waals surface area contributed by atoms with E-state index in [-0.39, 0.29) is 30.3 Å². The number of hydrogen-bond donors (Lipinski definition) is 2. The van der Waals surface area contributed by atoms with E-state index >= 15 is 4.39 Å². The number of anilines is 1. The topological polar surface area (TPSA) is 95.2 Å². The van der Waals surface area contributed by atoms with Gasteiger partial charge in [-0.3, -0.25) is 4.79 Å². The number of nitrogens with one attached hydrogen (secondary N) is 1. The predicted octanol–water partition coefficient (Wildman–Crippen LogP) is 4.05. The van der Waals surface area contributed by atoms with Gasteiger partial charge in [-0.1, -0.05) is 12.1 Å². The minimum atomic E-state index is -0.660. The van der Waals surface area contributed by atoms with Crippen LogP contribution in [0.1, 0.15) is 37.9 Å². The van der Waals surface area contributed by atoms with Crippen LogP contribution in [0, 0.1) is 5.82 Å². The molecule has 0 aliphatic heterocycles. The molecule has 0 radical (unpaired) electrons. The van der Waals surface area contributed by atoms with Crippen LogP contribution in [-0.4, -0.2) is 32.0 Å². The van der Waals surface area contributed by atoms with E-state index in [0.717, 1.165) is 5.56 Å². The van der Waals surface area contributed by atoms with Crippen LogP contribution in [-0.2, 0) is 9.53 Å². The molecule has 164 valence electrons. The fraction of sp³-hybridized carbons (Fsp3) is 0.333. The maximum absolute atomic E-state index is 15.1. The maximum Gasteiger partial charge on any atom is 0.302 e. The van der Waals surface area contributed by atoms with Gasteiger partial charge in [0, 0.05) is 24.2 Å². The molecular weight excluding hydrogens is 413 g/mol. The Labute approximate surface area is 181 Å². The van der Waals surface area contributed by atoms with Crippen LogP contribution in [0.5, 0.6) is 11.5 Å². The van der Waals surface area contributed by atoms with E-state index in [2.05, 4.69) is 10.4 Å². The third-order valence-corrected chi connectivity index (χ3v) is 3.96. The summed E-state index contributed by atoms with van der Waals surface area (Å²) in [7, 11) is 0. The monoisotopic (exact) mass is 439 g/mol. The molecule has 0 saturated carbocycles. The molecule has 0 aliphatic carbocycles. The van der Waals surface area contributed by atoms with Gasteiger partial charge in [-0.15, -0.1) is 12.4 Å². The van der Waals surface area contributed by atoms with Crippen molar-refractivity contribution in [2.45, 2.75) is 26.8 Å². The van der Waals surface area contributed by atoms with E-state index in [9.17, 15) is 4.79 Å². The number of hydrogen-bond acceptors (Lipinski definition) is 7. The first-order valence-electron chi connectivity index (χ1n) is 9.30. The van der Waals surface area contributed by atoms with Crippen LogP contribution in [0.15, 0.2) is 41.5 Å². The summed E-state index contributed by atoms with van der Waals surface area (Å²) in [5, 5.41) is 6.67. The Morgan fingerprint density at radius 1 is 1.20 bits per heavy atom. The van der Waals surface area contributed by atoms with Gasteiger partial charge < -0.3 is 25.4 Å². The number of carbonyl (C=O) groups excluding carboxylic acids is 1. The Balaban J connectivity index is 0.00000450. The molecule has 1 atom stereocenters. The van der Waals surface area contributed by atoms with E-state index in [4.69, 9.17) is 20.1 Å². The van der Waals surface area contributed by atoms with Gasteiger partial charge in [0.2, 0.25) is 0 Å². The molecule has 0 spiro atoms. The van der Waals surface area contributed by atoms with Gasteiger partial charge >= 0.3 is 5.97 Å². The third-order valence-electron chi connectivity index (χ3n) is 3.96. The molecule has 0 amide bonds. The van der Waals surface area contributed by atoms with Gasteiger partial charge in [-0.2, -0.15) is 5.10 Å². The van der Waals surface area contributed by atoms with Crippen LogP contribution in [0.25, 0.3) is 0 Å². The predicted molar refractivity (Wildman–Crippen MR) is 117 cm³/mol. The summed E-state index contributed by atoms with van der Waals surface area (Å²) >= 11 is 0. The molecule has 0 heterocycles. The van der Waals surface area contributed by atoms with E-state index in [1.54, 1.807) is 37.3 Å². The molecule has 2 rings (SSSR count). The number of ether oxygens (including phenoxy) is 3. The molecule has 9 heteroatoms. The first-order valence-corrected chi connectivity index (χ1v) is 9.30. The van der Waals surface area contributed by atoms with Gasteiger partial charge in [0.05, 0.1) is 25.5 Å². The normalized spacial score (nSPS) is 11.5. The minimum Gasteiger partial charge on any atom is -0.494 e. The lowest BCUT2D eigenvalue weighted by molar-refractivity contribution is -0.141. The van der Waals surface area contributed by atoms with Crippen molar-refractivity contribution in [3.8, 4) is 11.5 Å². The molecule has 0 aromatic heterocycles. The first-order chi connectivity index (χ1) is 14.0. The Kier molecular flexibility index (Phi) is 10.5. The molecule has 0 bridgehead atoms. The molecule has 7 nitrogen and oxygen atoms in total. The second-order valence-corrected chi connectivity index (χ2v) is 6.09. The Bertz CT molecular complexity index is 847. The molecule has 30 heavy (non-hydrogen) atoms. The first kappa shape index (κ1) is 25.0. The second kappa shape index (κ2) is 12.5. The zero-order valence-electron chi connectivity index (χ0n) is 17.2. The van der Waals surface area contributed by atoms with Crippen molar-refractivity contribution >= 4 is 30.3 Å². The highest BCUT2D eigenvalue weighted by molar-refractivity contribution is 5.85. The molecule has 1 unspecified atom stereocenters. The molecular formula is C21H27ClFN3O4. The van der Waals surface area contributed by atoms with Crippen molar-refractivity contribution in [1.82, 2.24) is 0 Å². The van der Waals surface area contributed by atoms with E-state index in [0.29, 0.717) is 24.7 Å². The number of nitrogens with zero attached hydrogens (tertiary/aromatic N) is 1. The number of hydrazone groups is 1.